The van der Waals surface area contributed by atoms with E-state index in [1.165, 1.54) is 139 Å². The Hall–Kier alpha value is -4.63. The highest BCUT2D eigenvalue weighted by molar-refractivity contribution is 5.97. The largest absolute Gasteiger partial charge is 0.258 e. The Morgan fingerprint density at radius 2 is 0.222 bits per heavy atom. The van der Waals surface area contributed by atoms with Crippen molar-refractivity contribution in [3.05, 3.63) is 162 Å². The van der Waals surface area contributed by atoms with Crippen LogP contribution in [0, 0.1) is 201 Å². The summed E-state index contributed by atoms with van der Waals surface area (Å²) in [7, 11) is 0. The lowest BCUT2D eigenvalue weighted by Gasteiger charge is -2.21. The minimum atomic E-state index is 1.16. The average molecular weight is 850 g/mol. The first-order chi connectivity index (χ1) is 28.9. The molecule has 0 unspecified atom stereocenters. The van der Waals surface area contributed by atoms with E-state index in [0.717, 1.165) is 34.2 Å². The van der Waals surface area contributed by atoms with E-state index in [2.05, 4.69) is 216 Å². The first kappa shape index (κ1) is 54.5. The third-order valence-electron chi connectivity index (χ3n) is 16.1. The van der Waals surface area contributed by atoms with Gasteiger partial charge in [-0.1, -0.05) is 0 Å². The van der Waals surface area contributed by atoms with E-state index in [-0.39, 0.29) is 0 Å². The highest BCUT2D eigenvalue weighted by atomic mass is 14.7. The van der Waals surface area contributed by atoms with Crippen molar-refractivity contribution in [3.8, 4) is 0 Å². The van der Waals surface area contributed by atoms with Crippen LogP contribution in [-0.4, -0.2) is 15.0 Å². The van der Waals surface area contributed by atoms with E-state index in [0.29, 0.717) is 0 Å². The lowest BCUT2D eigenvalue weighted by molar-refractivity contribution is 1.03. The molecule has 6 rings (SSSR count). The topological polar surface area (TPSA) is 38.7 Å². The van der Waals surface area contributed by atoms with Crippen LogP contribution < -0.4 is 0 Å². The van der Waals surface area contributed by atoms with Gasteiger partial charge in [0.05, 0.1) is 0 Å². The van der Waals surface area contributed by atoms with E-state index in [4.69, 9.17) is 0 Å². The summed E-state index contributed by atoms with van der Waals surface area (Å²) in [6, 6.07) is 0. The summed E-state index contributed by atoms with van der Waals surface area (Å²) in [5, 5.41) is 2.97. The van der Waals surface area contributed by atoms with E-state index >= 15 is 0 Å². The molecule has 0 radical (unpaired) electrons. The van der Waals surface area contributed by atoms with Crippen molar-refractivity contribution in [1.29, 1.82) is 0 Å². The fourth-order valence-corrected chi connectivity index (χ4v) is 8.60. The molecule has 0 atom stereocenters. The molecule has 3 aromatic carbocycles. The van der Waals surface area contributed by atoms with Gasteiger partial charge in [-0.25, -0.2) is 0 Å². The summed E-state index contributed by atoms with van der Waals surface area (Å²) in [4.78, 5) is 13.3. The minimum Gasteiger partial charge on any atom is -0.258 e. The summed E-state index contributed by atoms with van der Waals surface area (Å²) in [6.07, 6.45) is 0. The van der Waals surface area contributed by atoms with Crippen LogP contribution in [0.4, 0.5) is 0 Å². The van der Waals surface area contributed by atoms with Crippen LogP contribution >= 0.6 is 0 Å². The monoisotopic (exact) mass is 850 g/mol. The summed E-state index contributed by atoms with van der Waals surface area (Å²) in [5.74, 6) is 0. The number of aromatic nitrogens is 3. The molecule has 3 nitrogen and oxygen atoms in total. The smallest absolute Gasteiger partial charge is 0.0407 e. The van der Waals surface area contributed by atoms with Crippen molar-refractivity contribution in [2.45, 2.75) is 201 Å². The van der Waals surface area contributed by atoms with E-state index < -0.39 is 0 Å². The van der Waals surface area contributed by atoms with Gasteiger partial charge in [-0.15, -0.1) is 0 Å². The quantitative estimate of drug-likeness (QED) is 0.153. The Labute approximate surface area is 387 Å². The molecule has 0 aliphatic rings. The maximum atomic E-state index is 4.43. The van der Waals surface area contributed by atoms with Crippen molar-refractivity contribution in [3.63, 3.8) is 0 Å². The number of nitrogens with zero attached hydrogens (tertiary/aromatic N) is 3. The van der Waals surface area contributed by atoms with Gasteiger partial charge in [0.15, 0.2) is 0 Å². The molecule has 3 aromatic heterocycles. The van der Waals surface area contributed by atoms with Crippen molar-refractivity contribution in [2.24, 2.45) is 0 Å². The van der Waals surface area contributed by atoms with Crippen LogP contribution in [0.1, 0.15) is 162 Å². The maximum absolute atomic E-state index is 4.43. The van der Waals surface area contributed by atoms with Gasteiger partial charge in [0, 0.05) is 34.2 Å². The first-order valence-corrected chi connectivity index (χ1v) is 23.1. The highest BCUT2D eigenvalue weighted by Crippen LogP contribution is 2.37. The van der Waals surface area contributed by atoms with Crippen LogP contribution in [0.3, 0.4) is 0 Å². The molecule has 0 saturated carbocycles. The van der Waals surface area contributed by atoms with Gasteiger partial charge < -0.3 is 0 Å². The lowest BCUT2D eigenvalue weighted by atomic mass is 9.83. The highest BCUT2D eigenvalue weighted by Gasteiger charge is 2.16. The van der Waals surface area contributed by atoms with Gasteiger partial charge in [-0.3, -0.25) is 15.0 Å². The Morgan fingerprint density at radius 3 is 0.349 bits per heavy atom. The molecule has 3 heteroatoms. The zero-order chi connectivity index (χ0) is 49.0. The fourth-order valence-electron chi connectivity index (χ4n) is 8.60. The number of benzene rings is 3. The Balaban J connectivity index is 0.000000276. The van der Waals surface area contributed by atoms with E-state index in [9.17, 15) is 0 Å². The molecule has 0 aliphatic heterocycles. The SMILES string of the molecule is Cc1c(C)c(C)c(C)c(C)c1C.Cc1c(C)c(C)c2c(C)c(C)c(C)c(C)c2c1C.Cc1nc(C)c(C)c(C)c1C.Cc1nc(C)c(C)c(C)c1C.Cc1nc(C)c(C)c(C)c1C. The summed E-state index contributed by atoms with van der Waals surface area (Å²) in [6.45, 7) is 63.0. The average Bonchev–Trinajstić information content (AvgIpc) is 3.25. The minimum absolute atomic E-state index is 1.16. The Bertz CT molecular complexity index is 2240. The molecule has 0 aliphatic carbocycles. The number of hydrogen-bond acceptors (Lipinski definition) is 3. The molecule has 0 saturated heterocycles. The number of aryl methyl sites for hydroxylation is 10. The number of rotatable bonds is 0. The third-order valence-corrected chi connectivity index (χ3v) is 16.1. The second kappa shape index (κ2) is 21.8. The van der Waals surface area contributed by atoms with Gasteiger partial charge in [-0.05, 0) is 340 Å². The molecule has 0 bridgehead atoms. The van der Waals surface area contributed by atoms with Gasteiger partial charge >= 0.3 is 0 Å². The van der Waals surface area contributed by atoms with Crippen LogP contribution in [0.25, 0.3) is 10.8 Å². The maximum Gasteiger partial charge on any atom is 0.0407 e. The summed E-state index contributed by atoms with van der Waals surface area (Å²) in [5.41, 5.74) is 39.4. The van der Waals surface area contributed by atoms with E-state index in [1.54, 1.807) is 0 Å². The number of fused-ring (bicyclic) bond motifs is 1. The van der Waals surface area contributed by atoms with Crippen molar-refractivity contribution < 1.29 is 0 Å². The number of hydrogen-bond donors (Lipinski definition) is 0. The predicted octanol–water partition coefficient (Wildman–Crippen LogP) is 16.7. The van der Waals surface area contributed by atoms with Crippen LogP contribution in [-0.2, 0) is 0 Å². The second-order valence-corrected chi connectivity index (χ2v) is 19.0. The Kier molecular flexibility index (Phi) is 18.9. The standard InChI is InChI=1S/C18H24.C12H18.3C10H15N/c1-9-10(2)14(6)18-16(8)12(4)11(3)15(7)17(18)13(9)5;1-7-8(2)10(4)12(6)11(5)9(7)3;3*1-6-7(2)9(4)11-10(5)8(6)3/h1-8H3;1-6H3;3*1-5H3. The molecule has 63 heavy (non-hydrogen) atoms. The molecule has 0 fully saturated rings. The normalized spacial score (nSPS) is 10.6. The first-order valence-electron chi connectivity index (χ1n) is 23.1. The zero-order valence-electron chi connectivity index (χ0n) is 45.8. The molecule has 342 valence electrons. The summed E-state index contributed by atoms with van der Waals surface area (Å²) >= 11 is 0. The van der Waals surface area contributed by atoms with Crippen molar-refractivity contribution in [2.75, 3.05) is 0 Å². The molecule has 6 aromatic rings. The van der Waals surface area contributed by atoms with Crippen LogP contribution in [0.5, 0.6) is 0 Å². The fraction of sp³-hybridized carbons (Fsp3) is 0.483. The molecule has 0 spiro atoms. The van der Waals surface area contributed by atoms with Gasteiger partial charge in [0.2, 0.25) is 0 Å². The van der Waals surface area contributed by atoms with Gasteiger partial charge in [0.25, 0.3) is 0 Å². The van der Waals surface area contributed by atoms with Crippen LogP contribution in [0.2, 0.25) is 0 Å². The Morgan fingerprint density at radius 1 is 0.127 bits per heavy atom. The second-order valence-electron chi connectivity index (χ2n) is 19.0. The van der Waals surface area contributed by atoms with Crippen molar-refractivity contribution in [1.82, 2.24) is 15.0 Å². The number of pyridine rings is 3. The van der Waals surface area contributed by atoms with Gasteiger partial charge in [-0.2, -0.15) is 0 Å². The molecular formula is C60H87N3. The summed E-state index contributed by atoms with van der Waals surface area (Å²) < 4.78 is 0. The molecule has 3 heterocycles. The lowest BCUT2D eigenvalue weighted by Crippen LogP contribution is -2.01. The predicted molar refractivity (Wildman–Crippen MR) is 280 cm³/mol. The molecule has 0 amide bonds. The van der Waals surface area contributed by atoms with Gasteiger partial charge in [0.1, 0.15) is 0 Å². The zero-order valence-corrected chi connectivity index (χ0v) is 45.8. The molecule has 0 N–H and O–H groups in total. The molecular weight excluding hydrogens is 763 g/mol. The third kappa shape index (κ3) is 11.6. The van der Waals surface area contributed by atoms with E-state index in [1.807, 2.05) is 0 Å². The van der Waals surface area contributed by atoms with Crippen molar-refractivity contribution >= 4 is 10.8 Å². The van der Waals surface area contributed by atoms with Crippen LogP contribution in [0.15, 0.2) is 0 Å².